The standard InChI is InChI=1S/C12H16N2O5/c1-17-11-7-9(13-3-5-19-6-4-13)10(14(15)16)8-12(11)18-2/h7-8H,3-6H2,1-2H3. The Kier molecular flexibility index (Phi) is 4.06. The van der Waals surface area contributed by atoms with E-state index in [2.05, 4.69) is 0 Å². The van der Waals surface area contributed by atoms with Gasteiger partial charge in [-0.3, -0.25) is 10.1 Å². The molecule has 1 aliphatic heterocycles. The topological polar surface area (TPSA) is 74.1 Å². The van der Waals surface area contributed by atoms with Gasteiger partial charge in [-0.15, -0.1) is 0 Å². The summed E-state index contributed by atoms with van der Waals surface area (Å²) in [6.07, 6.45) is 0. The van der Waals surface area contributed by atoms with Crippen LogP contribution in [0, 0.1) is 10.1 Å². The second-order valence-corrected chi connectivity index (χ2v) is 4.05. The molecule has 0 radical (unpaired) electrons. The Hall–Kier alpha value is -2.02. The maximum absolute atomic E-state index is 11.2. The highest BCUT2D eigenvalue weighted by Crippen LogP contribution is 2.39. The monoisotopic (exact) mass is 268 g/mol. The molecule has 1 saturated heterocycles. The van der Waals surface area contributed by atoms with E-state index >= 15 is 0 Å². The number of ether oxygens (including phenoxy) is 3. The molecule has 0 unspecified atom stereocenters. The van der Waals surface area contributed by atoms with E-state index in [0.717, 1.165) is 0 Å². The van der Waals surface area contributed by atoms with E-state index in [9.17, 15) is 10.1 Å². The van der Waals surface area contributed by atoms with Gasteiger partial charge in [0.1, 0.15) is 5.69 Å². The van der Waals surface area contributed by atoms with Crippen LogP contribution in [0.25, 0.3) is 0 Å². The molecule has 2 rings (SSSR count). The van der Waals surface area contributed by atoms with Gasteiger partial charge in [0, 0.05) is 19.2 Å². The fourth-order valence-electron chi connectivity index (χ4n) is 2.06. The average molecular weight is 268 g/mol. The second-order valence-electron chi connectivity index (χ2n) is 4.05. The van der Waals surface area contributed by atoms with E-state index in [-0.39, 0.29) is 5.69 Å². The van der Waals surface area contributed by atoms with Crippen molar-refractivity contribution in [2.75, 3.05) is 45.4 Å². The summed E-state index contributed by atoms with van der Waals surface area (Å²) in [6.45, 7) is 2.36. The quantitative estimate of drug-likeness (QED) is 0.607. The predicted octanol–water partition coefficient (Wildman–Crippen LogP) is 1.45. The predicted molar refractivity (Wildman–Crippen MR) is 69.2 cm³/mol. The fraction of sp³-hybridized carbons (Fsp3) is 0.500. The molecule has 0 aromatic heterocycles. The zero-order valence-electron chi connectivity index (χ0n) is 10.9. The summed E-state index contributed by atoms with van der Waals surface area (Å²) in [4.78, 5) is 12.7. The van der Waals surface area contributed by atoms with Crippen molar-refractivity contribution in [3.8, 4) is 11.5 Å². The van der Waals surface area contributed by atoms with Crippen molar-refractivity contribution in [3.05, 3.63) is 22.2 Å². The van der Waals surface area contributed by atoms with Crippen LogP contribution in [0.1, 0.15) is 0 Å². The van der Waals surface area contributed by atoms with Crippen LogP contribution in [0.2, 0.25) is 0 Å². The molecule has 0 spiro atoms. The van der Waals surface area contributed by atoms with E-state index in [1.807, 2.05) is 4.90 Å². The van der Waals surface area contributed by atoms with E-state index in [1.165, 1.54) is 20.3 Å². The van der Waals surface area contributed by atoms with E-state index in [0.29, 0.717) is 43.5 Å². The minimum Gasteiger partial charge on any atom is -0.493 e. The summed E-state index contributed by atoms with van der Waals surface area (Å²) in [7, 11) is 2.96. The summed E-state index contributed by atoms with van der Waals surface area (Å²) in [6, 6.07) is 3.03. The molecule has 7 nitrogen and oxygen atoms in total. The number of anilines is 1. The van der Waals surface area contributed by atoms with Crippen molar-refractivity contribution in [2.24, 2.45) is 0 Å². The van der Waals surface area contributed by atoms with Crippen LogP contribution in [0.5, 0.6) is 11.5 Å². The minimum absolute atomic E-state index is 0.0135. The first-order valence-corrected chi connectivity index (χ1v) is 5.90. The van der Waals surface area contributed by atoms with Gasteiger partial charge in [-0.2, -0.15) is 0 Å². The van der Waals surface area contributed by atoms with Crippen molar-refractivity contribution in [3.63, 3.8) is 0 Å². The molecule has 0 amide bonds. The molecule has 19 heavy (non-hydrogen) atoms. The largest absolute Gasteiger partial charge is 0.493 e. The average Bonchev–Trinajstić information content (AvgIpc) is 2.46. The first kappa shape index (κ1) is 13.4. The Morgan fingerprint density at radius 3 is 2.32 bits per heavy atom. The first-order valence-electron chi connectivity index (χ1n) is 5.90. The molecule has 0 atom stereocenters. The SMILES string of the molecule is COc1cc(N2CCOCC2)c([N+](=O)[O-])cc1OC. The van der Waals surface area contributed by atoms with Crippen molar-refractivity contribution in [1.82, 2.24) is 0 Å². The summed E-state index contributed by atoms with van der Waals surface area (Å²) < 4.78 is 15.5. The van der Waals surface area contributed by atoms with Crippen LogP contribution in [0.15, 0.2) is 12.1 Å². The number of nitro benzene ring substituents is 1. The maximum atomic E-state index is 11.2. The van der Waals surface area contributed by atoms with Gasteiger partial charge >= 0.3 is 0 Å². The Morgan fingerprint density at radius 1 is 1.21 bits per heavy atom. The number of benzene rings is 1. The van der Waals surface area contributed by atoms with Gasteiger partial charge in [0.2, 0.25) is 0 Å². The molecule has 7 heteroatoms. The van der Waals surface area contributed by atoms with Gasteiger partial charge in [0.15, 0.2) is 11.5 Å². The number of rotatable bonds is 4. The number of hydrogen-bond donors (Lipinski definition) is 0. The second kappa shape index (κ2) is 5.75. The lowest BCUT2D eigenvalue weighted by Crippen LogP contribution is -2.36. The van der Waals surface area contributed by atoms with Crippen LogP contribution in [0.3, 0.4) is 0 Å². The van der Waals surface area contributed by atoms with Crippen molar-refractivity contribution >= 4 is 11.4 Å². The van der Waals surface area contributed by atoms with Crippen LogP contribution >= 0.6 is 0 Å². The molecule has 0 N–H and O–H groups in total. The first-order chi connectivity index (χ1) is 9.17. The third kappa shape index (κ3) is 2.70. The normalized spacial score (nSPS) is 15.2. The number of nitrogens with zero attached hydrogens (tertiary/aromatic N) is 2. The van der Waals surface area contributed by atoms with Gasteiger partial charge < -0.3 is 19.1 Å². The molecule has 0 aliphatic carbocycles. The summed E-state index contributed by atoms with van der Waals surface area (Å²) in [5, 5.41) is 11.2. The highest BCUT2D eigenvalue weighted by Gasteiger charge is 2.24. The van der Waals surface area contributed by atoms with Crippen LogP contribution in [-0.2, 0) is 4.74 Å². The maximum Gasteiger partial charge on any atom is 0.296 e. The van der Waals surface area contributed by atoms with E-state index in [4.69, 9.17) is 14.2 Å². The van der Waals surface area contributed by atoms with Crippen LogP contribution in [0.4, 0.5) is 11.4 Å². The Labute approximate surface area is 110 Å². The van der Waals surface area contributed by atoms with Crippen molar-refractivity contribution < 1.29 is 19.1 Å². The molecule has 1 heterocycles. The zero-order chi connectivity index (χ0) is 13.8. The summed E-state index contributed by atoms with van der Waals surface area (Å²) in [5.41, 5.74) is 0.547. The number of hydrogen-bond acceptors (Lipinski definition) is 6. The molecular weight excluding hydrogens is 252 g/mol. The molecular formula is C12H16N2O5. The van der Waals surface area contributed by atoms with Crippen LogP contribution < -0.4 is 14.4 Å². The highest BCUT2D eigenvalue weighted by atomic mass is 16.6. The van der Waals surface area contributed by atoms with Gasteiger partial charge in [-0.25, -0.2) is 0 Å². The van der Waals surface area contributed by atoms with Crippen molar-refractivity contribution in [2.45, 2.75) is 0 Å². The van der Waals surface area contributed by atoms with Gasteiger partial charge in [0.25, 0.3) is 5.69 Å². The Bertz CT molecular complexity index is 471. The fourth-order valence-corrected chi connectivity index (χ4v) is 2.06. The van der Waals surface area contributed by atoms with Crippen LogP contribution in [-0.4, -0.2) is 45.4 Å². The molecule has 1 fully saturated rings. The smallest absolute Gasteiger partial charge is 0.296 e. The third-order valence-corrected chi connectivity index (χ3v) is 3.03. The lowest BCUT2D eigenvalue weighted by atomic mass is 10.2. The lowest BCUT2D eigenvalue weighted by molar-refractivity contribution is -0.384. The lowest BCUT2D eigenvalue weighted by Gasteiger charge is -2.28. The zero-order valence-corrected chi connectivity index (χ0v) is 10.9. The molecule has 1 aliphatic rings. The number of nitro groups is 1. The minimum atomic E-state index is -0.410. The highest BCUT2D eigenvalue weighted by molar-refractivity contribution is 5.70. The van der Waals surface area contributed by atoms with E-state index < -0.39 is 4.92 Å². The summed E-state index contributed by atoms with van der Waals surface area (Å²) >= 11 is 0. The van der Waals surface area contributed by atoms with Gasteiger partial charge in [0.05, 0.1) is 38.4 Å². The summed E-state index contributed by atoms with van der Waals surface area (Å²) in [5.74, 6) is 0.834. The number of morpholine rings is 1. The van der Waals surface area contributed by atoms with Gasteiger partial charge in [-0.1, -0.05) is 0 Å². The Morgan fingerprint density at radius 2 is 1.79 bits per heavy atom. The molecule has 1 aromatic rings. The number of methoxy groups -OCH3 is 2. The molecule has 104 valence electrons. The van der Waals surface area contributed by atoms with Gasteiger partial charge in [-0.05, 0) is 0 Å². The molecule has 0 saturated carbocycles. The Balaban J connectivity index is 2.46. The molecule has 0 bridgehead atoms. The van der Waals surface area contributed by atoms with Crippen molar-refractivity contribution in [1.29, 1.82) is 0 Å². The van der Waals surface area contributed by atoms with E-state index in [1.54, 1.807) is 6.07 Å². The third-order valence-electron chi connectivity index (χ3n) is 3.03. The molecule has 1 aromatic carbocycles.